The smallest absolute Gasteiger partial charge is 0.305 e. The molecule has 0 aromatic carbocycles. The molecule has 2 nitrogen and oxygen atoms in total. The molecule has 0 saturated carbocycles. The predicted octanol–water partition coefficient (Wildman–Crippen LogP) is 3.80. The fraction of sp³-hybridized carbons (Fsp3) is 0.562. The van der Waals surface area contributed by atoms with E-state index in [0.29, 0.717) is 12.3 Å². The molecule has 2 aliphatic rings. The summed E-state index contributed by atoms with van der Waals surface area (Å²) < 4.78 is 5.57. The molecule has 98 valence electrons. The molecule has 0 unspecified atom stereocenters. The van der Waals surface area contributed by atoms with Crippen LogP contribution in [0.5, 0.6) is 0 Å². The first-order valence-corrected chi connectivity index (χ1v) is 6.75. The van der Waals surface area contributed by atoms with Crippen LogP contribution in [0.25, 0.3) is 0 Å². The molecule has 0 aliphatic heterocycles. The van der Waals surface area contributed by atoms with Gasteiger partial charge in [-0.05, 0) is 12.5 Å². The van der Waals surface area contributed by atoms with Gasteiger partial charge in [-0.25, -0.2) is 0 Å². The van der Waals surface area contributed by atoms with Gasteiger partial charge in [0.2, 0.25) is 0 Å². The summed E-state index contributed by atoms with van der Waals surface area (Å²) in [5.41, 5.74) is 2.63. The van der Waals surface area contributed by atoms with Crippen molar-refractivity contribution in [3.05, 3.63) is 35.5 Å². The van der Waals surface area contributed by atoms with Gasteiger partial charge < -0.3 is 4.74 Å². The van der Waals surface area contributed by atoms with Crippen LogP contribution in [-0.4, -0.2) is 12.1 Å². The van der Waals surface area contributed by atoms with Crippen molar-refractivity contribution in [1.82, 2.24) is 0 Å². The van der Waals surface area contributed by atoms with E-state index < -0.39 is 0 Å². The number of carbonyl (C=O) groups excluding carboxylic acids is 1. The summed E-state index contributed by atoms with van der Waals surface area (Å²) >= 11 is 0. The fourth-order valence-corrected chi connectivity index (χ4v) is 2.92. The van der Waals surface area contributed by atoms with Crippen molar-refractivity contribution in [2.45, 2.75) is 46.6 Å². The Labute approximate surface area is 109 Å². The zero-order valence-electron chi connectivity index (χ0n) is 11.7. The molecule has 0 bridgehead atoms. The number of ether oxygens (including phenoxy) is 1. The maximum Gasteiger partial charge on any atom is 0.305 e. The molecule has 0 heterocycles. The molecule has 0 saturated heterocycles. The van der Waals surface area contributed by atoms with Gasteiger partial charge in [0.25, 0.3) is 0 Å². The summed E-state index contributed by atoms with van der Waals surface area (Å²) in [6.45, 7) is 8.38. The van der Waals surface area contributed by atoms with Crippen LogP contribution >= 0.6 is 0 Å². The third-order valence-electron chi connectivity index (χ3n) is 4.32. The molecule has 0 spiro atoms. The van der Waals surface area contributed by atoms with E-state index >= 15 is 0 Å². The van der Waals surface area contributed by atoms with Gasteiger partial charge in [0.15, 0.2) is 0 Å². The second-order valence-corrected chi connectivity index (χ2v) is 5.57. The fourth-order valence-electron chi connectivity index (χ4n) is 2.92. The molecule has 18 heavy (non-hydrogen) atoms. The zero-order chi connectivity index (χ0) is 13.3. The Morgan fingerprint density at radius 1 is 1.50 bits per heavy atom. The highest BCUT2D eigenvalue weighted by Crippen LogP contribution is 2.47. The van der Waals surface area contributed by atoms with E-state index in [0.717, 1.165) is 6.42 Å². The Morgan fingerprint density at radius 3 is 2.89 bits per heavy atom. The molecule has 0 N–H and O–H groups in total. The van der Waals surface area contributed by atoms with Gasteiger partial charge in [0.1, 0.15) is 6.10 Å². The summed E-state index contributed by atoms with van der Waals surface area (Å²) in [5, 5.41) is 0. The normalized spacial score (nSPS) is 34.4. The van der Waals surface area contributed by atoms with Crippen molar-refractivity contribution >= 4 is 5.97 Å². The van der Waals surface area contributed by atoms with Crippen LogP contribution in [0.1, 0.15) is 40.5 Å². The lowest BCUT2D eigenvalue weighted by Gasteiger charge is -2.43. The number of carbonyl (C=O) groups is 1. The number of allylic oxidation sites excluding steroid dienone is 5. The molecule has 2 rings (SSSR count). The van der Waals surface area contributed by atoms with Crippen LogP contribution in [0.15, 0.2) is 35.5 Å². The van der Waals surface area contributed by atoms with Crippen LogP contribution in [0.3, 0.4) is 0 Å². The Kier molecular flexibility index (Phi) is 3.47. The van der Waals surface area contributed by atoms with E-state index in [-0.39, 0.29) is 17.5 Å². The van der Waals surface area contributed by atoms with Gasteiger partial charge >= 0.3 is 5.97 Å². The maximum absolute atomic E-state index is 11.5. The molecule has 2 aliphatic carbocycles. The molecular formula is C16H22O2. The highest BCUT2D eigenvalue weighted by molar-refractivity contribution is 5.69. The summed E-state index contributed by atoms with van der Waals surface area (Å²) in [6, 6.07) is 0. The largest absolute Gasteiger partial charge is 0.462 e. The first kappa shape index (κ1) is 13.1. The lowest BCUT2D eigenvalue weighted by atomic mass is 9.63. The third kappa shape index (κ3) is 2.16. The molecule has 0 aromatic heterocycles. The number of esters is 1. The lowest BCUT2D eigenvalue weighted by Crippen LogP contribution is -2.40. The van der Waals surface area contributed by atoms with Gasteiger partial charge in [-0.1, -0.05) is 50.6 Å². The zero-order valence-corrected chi connectivity index (χ0v) is 11.7. The second-order valence-electron chi connectivity index (χ2n) is 5.57. The van der Waals surface area contributed by atoms with Gasteiger partial charge in [0, 0.05) is 24.2 Å². The first-order chi connectivity index (χ1) is 8.47. The highest BCUT2D eigenvalue weighted by atomic mass is 16.5. The molecule has 0 aromatic rings. The van der Waals surface area contributed by atoms with Crippen molar-refractivity contribution < 1.29 is 9.53 Å². The molecular weight excluding hydrogens is 224 g/mol. The molecule has 0 amide bonds. The number of rotatable bonds is 2. The van der Waals surface area contributed by atoms with E-state index in [1.165, 1.54) is 11.1 Å². The van der Waals surface area contributed by atoms with Crippen molar-refractivity contribution in [2.24, 2.45) is 11.3 Å². The maximum atomic E-state index is 11.5. The topological polar surface area (TPSA) is 26.3 Å². The van der Waals surface area contributed by atoms with Crippen LogP contribution in [0.4, 0.5) is 0 Å². The van der Waals surface area contributed by atoms with Gasteiger partial charge in [0.05, 0.1) is 0 Å². The minimum atomic E-state index is -0.0978. The molecule has 3 atom stereocenters. The third-order valence-corrected chi connectivity index (χ3v) is 4.32. The average molecular weight is 246 g/mol. The molecule has 2 heteroatoms. The Balaban J connectivity index is 2.26. The molecule has 0 radical (unpaired) electrons. The highest BCUT2D eigenvalue weighted by Gasteiger charge is 2.41. The van der Waals surface area contributed by atoms with Crippen molar-refractivity contribution in [1.29, 1.82) is 0 Å². The minimum Gasteiger partial charge on any atom is -0.462 e. The van der Waals surface area contributed by atoms with Crippen LogP contribution in [-0.2, 0) is 9.53 Å². The second kappa shape index (κ2) is 4.75. The van der Waals surface area contributed by atoms with Crippen LogP contribution < -0.4 is 0 Å². The monoisotopic (exact) mass is 246 g/mol. The summed E-state index contributed by atoms with van der Waals surface area (Å²) in [6.07, 6.45) is 10.1. The van der Waals surface area contributed by atoms with E-state index in [9.17, 15) is 4.79 Å². The summed E-state index contributed by atoms with van der Waals surface area (Å²) in [5.74, 6) is 0.215. The van der Waals surface area contributed by atoms with E-state index in [1.807, 2.05) is 6.92 Å². The summed E-state index contributed by atoms with van der Waals surface area (Å²) in [4.78, 5) is 11.5. The molecule has 0 fully saturated rings. The standard InChI is InChI=1S/C16H22O2/c1-5-15(17)18-14-9-8-13-7-6-11(2)10-16(13,4)12(14)3/h6-8,10,12,14H,5,9H2,1-4H3/t12-,14-,16+/m0/s1. The number of hydrogen-bond acceptors (Lipinski definition) is 2. The van der Waals surface area contributed by atoms with Gasteiger partial charge in [-0.15, -0.1) is 0 Å². The van der Waals surface area contributed by atoms with E-state index in [4.69, 9.17) is 4.74 Å². The Morgan fingerprint density at radius 2 is 2.22 bits per heavy atom. The SMILES string of the molecule is CCC(=O)O[C@H]1CC=C2C=CC(C)=C[C@]2(C)[C@H]1C. The number of fused-ring (bicyclic) bond motifs is 1. The van der Waals surface area contributed by atoms with E-state index in [2.05, 4.69) is 45.1 Å². The van der Waals surface area contributed by atoms with E-state index in [1.54, 1.807) is 0 Å². The van der Waals surface area contributed by atoms with Crippen LogP contribution in [0, 0.1) is 11.3 Å². The Hall–Kier alpha value is -1.31. The Bertz CT molecular complexity index is 442. The van der Waals surface area contributed by atoms with Crippen molar-refractivity contribution in [3.63, 3.8) is 0 Å². The first-order valence-electron chi connectivity index (χ1n) is 6.75. The van der Waals surface area contributed by atoms with Crippen molar-refractivity contribution in [3.8, 4) is 0 Å². The summed E-state index contributed by atoms with van der Waals surface area (Å²) in [7, 11) is 0. The average Bonchev–Trinajstić information content (AvgIpc) is 2.33. The van der Waals surface area contributed by atoms with Gasteiger partial charge in [-0.3, -0.25) is 4.79 Å². The predicted molar refractivity (Wildman–Crippen MR) is 73.0 cm³/mol. The quantitative estimate of drug-likeness (QED) is 0.693. The minimum absolute atomic E-state index is 0.00162. The van der Waals surface area contributed by atoms with Gasteiger partial charge in [-0.2, -0.15) is 0 Å². The van der Waals surface area contributed by atoms with Crippen molar-refractivity contribution in [2.75, 3.05) is 0 Å². The lowest BCUT2D eigenvalue weighted by molar-refractivity contribution is -0.152. The number of hydrogen-bond donors (Lipinski definition) is 0. The van der Waals surface area contributed by atoms with Crippen LogP contribution in [0.2, 0.25) is 0 Å².